The normalized spacial score (nSPS) is 12.2. The zero-order chi connectivity index (χ0) is 16.6. The van der Waals surface area contributed by atoms with Crippen molar-refractivity contribution < 1.29 is 0 Å². The fourth-order valence-corrected chi connectivity index (χ4v) is 3.58. The number of hydrogen-bond acceptors (Lipinski definition) is 1. The van der Waals surface area contributed by atoms with Crippen LogP contribution in [0.5, 0.6) is 0 Å². The summed E-state index contributed by atoms with van der Waals surface area (Å²) in [5.74, 6) is 0. The van der Waals surface area contributed by atoms with Crippen LogP contribution in [0.2, 0.25) is 0 Å². The van der Waals surface area contributed by atoms with Gasteiger partial charge in [0.2, 0.25) is 0 Å². The van der Waals surface area contributed by atoms with E-state index < -0.39 is 0 Å². The Bertz CT molecular complexity index is 671. The molecule has 3 aromatic rings. The Balaban J connectivity index is 1.73. The third-order valence-corrected chi connectivity index (χ3v) is 4.90. The first-order valence-electron chi connectivity index (χ1n) is 8.30. The number of rotatable bonds is 7. The van der Waals surface area contributed by atoms with Crippen LogP contribution in [0.1, 0.15) is 21.5 Å². The van der Waals surface area contributed by atoms with Crippen LogP contribution in [-0.2, 0) is 13.1 Å². The van der Waals surface area contributed by atoms with Crippen LogP contribution in [0, 0.1) is 0 Å². The van der Waals surface area contributed by atoms with Gasteiger partial charge in [0.05, 0.1) is 4.83 Å². The fraction of sp³-hybridized carbons (Fsp3) is 0.182. The topological polar surface area (TPSA) is 3.24 Å². The van der Waals surface area contributed by atoms with E-state index in [1.807, 2.05) is 0 Å². The molecule has 0 aliphatic rings. The summed E-state index contributed by atoms with van der Waals surface area (Å²) < 4.78 is 0. The molecule has 0 heterocycles. The van der Waals surface area contributed by atoms with Crippen LogP contribution in [0.25, 0.3) is 0 Å². The molecule has 0 bridgehead atoms. The maximum Gasteiger partial charge on any atom is 0.0522 e. The Hall–Kier alpha value is -1.90. The van der Waals surface area contributed by atoms with Crippen molar-refractivity contribution in [1.29, 1.82) is 0 Å². The first-order chi connectivity index (χ1) is 11.8. The fourth-order valence-electron chi connectivity index (χ4n) is 2.86. The standard InChI is InChI=1S/C22H22BrN/c23-22(21-14-8-3-9-15-21)18-24(16-19-10-4-1-5-11-19)17-20-12-6-2-7-13-20/h1-15,22H,16-18H2/t22-/m0/s1. The highest BCUT2D eigenvalue weighted by Gasteiger charge is 2.14. The monoisotopic (exact) mass is 379 g/mol. The molecule has 0 saturated heterocycles. The summed E-state index contributed by atoms with van der Waals surface area (Å²) in [4.78, 5) is 2.82. The molecule has 1 atom stereocenters. The molecule has 0 amide bonds. The van der Waals surface area contributed by atoms with Gasteiger partial charge in [-0.15, -0.1) is 0 Å². The molecular weight excluding hydrogens is 358 g/mol. The molecule has 2 heteroatoms. The van der Waals surface area contributed by atoms with Crippen molar-refractivity contribution in [3.05, 3.63) is 108 Å². The van der Waals surface area contributed by atoms with Crippen LogP contribution in [-0.4, -0.2) is 11.4 Å². The van der Waals surface area contributed by atoms with Crippen molar-refractivity contribution in [3.8, 4) is 0 Å². The number of halogens is 1. The minimum Gasteiger partial charge on any atom is -0.293 e. The van der Waals surface area contributed by atoms with Gasteiger partial charge < -0.3 is 0 Å². The molecule has 1 nitrogen and oxygen atoms in total. The van der Waals surface area contributed by atoms with Gasteiger partial charge in [0.1, 0.15) is 0 Å². The second kappa shape index (κ2) is 8.81. The first kappa shape index (κ1) is 16.9. The van der Waals surface area contributed by atoms with E-state index in [0.29, 0.717) is 4.83 Å². The summed E-state index contributed by atoms with van der Waals surface area (Å²) in [5.41, 5.74) is 4.02. The highest BCUT2D eigenvalue weighted by molar-refractivity contribution is 9.09. The SMILES string of the molecule is Br[C@@H](CN(Cc1ccccc1)Cc1ccccc1)c1ccccc1. The third-order valence-electron chi connectivity index (χ3n) is 4.08. The minimum absolute atomic E-state index is 0.325. The third kappa shape index (κ3) is 5.05. The van der Waals surface area contributed by atoms with Crippen molar-refractivity contribution in [2.24, 2.45) is 0 Å². The lowest BCUT2D eigenvalue weighted by atomic mass is 10.1. The van der Waals surface area contributed by atoms with Gasteiger partial charge in [-0.2, -0.15) is 0 Å². The molecule has 0 N–H and O–H groups in total. The molecule has 0 aromatic heterocycles. The molecule has 122 valence electrons. The van der Waals surface area contributed by atoms with Crippen molar-refractivity contribution in [2.45, 2.75) is 17.9 Å². The summed E-state index contributed by atoms with van der Waals surface area (Å²) in [5, 5.41) is 0. The summed E-state index contributed by atoms with van der Waals surface area (Å²) in [6, 6.07) is 32.0. The maximum atomic E-state index is 3.87. The molecule has 24 heavy (non-hydrogen) atoms. The van der Waals surface area contributed by atoms with Crippen LogP contribution < -0.4 is 0 Å². The summed E-state index contributed by atoms with van der Waals surface area (Å²) >= 11 is 3.87. The number of alkyl halides is 1. The van der Waals surface area contributed by atoms with Gasteiger partial charge in [-0.3, -0.25) is 4.90 Å². The van der Waals surface area contributed by atoms with E-state index in [0.717, 1.165) is 19.6 Å². The molecule has 0 radical (unpaired) electrons. The van der Waals surface area contributed by atoms with Gasteiger partial charge in [-0.1, -0.05) is 107 Å². The quantitative estimate of drug-likeness (QED) is 0.467. The van der Waals surface area contributed by atoms with E-state index in [9.17, 15) is 0 Å². The number of nitrogens with zero attached hydrogens (tertiary/aromatic N) is 1. The van der Waals surface area contributed by atoms with Crippen LogP contribution >= 0.6 is 15.9 Å². The maximum absolute atomic E-state index is 3.87. The Morgan fingerprint density at radius 3 is 1.50 bits per heavy atom. The van der Waals surface area contributed by atoms with E-state index in [1.54, 1.807) is 0 Å². The molecule has 0 spiro atoms. The molecule has 0 fully saturated rings. The summed E-state index contributed by atoms with van der Waals surface area (Å²) in [7, 11) is 0. The summed E-state index contributed by atoms with van der Waals surface area (Å²) in [6.07, 6.45) is 0. The summed E-state index contributed by atoms with van der Waals surface area (Å²) in [6.45, 7) is 2.86. The van der Waals surface area contributed by atoms with Crippen molar-refractivity contribution >= 4 is 15.9 Å². The van der Waals surface area contributed by atoms with Gasteiger partial charge in [0.15, 0.2) is 0 Å². The Labute approximate surface area is 153 Å². The Kier molecular flexibility index (Phi) is 6.22. The lowest BCUT2D eigenvalue weighted by Crippen LogP contribution is -2.26. The predicted molar refractivity (Wildman–Crippen MR) is 105 cm³/mol. The molecule has 3 rings (SSSR count). The van der Waals surface area contributed by atoms with Gasteiger partial charge in [0.25, 0.3) is 0 Å². The van der Waals surface area contributed by atoms with Gasteiger partial charge in [-0.05, 0) is 16.7 Å². The van der Waals surface area contributed by atoms with Crippen molar-refractivity contribution in [3.63, 3.8) is 0 Å². The molecule has 0 aliphatic heterocycles. The molecule has 0 unspecified atom stereocenters. The average Bonchev–Trinajstić information content (AvgIpc) is 2.64. The molecule has 3 aromatic carbocycles. The highest BCUT2D eigenvalue weighted by Crippen LogP contribution is 2.25. The smallest absolute Gasteiger partial charge is 0.0522 e. The van der Waals surface area contributed by atoms with E-state index in [2.05, 4.69) is 112 Å². The molecule has 0 aliphatic carbocycles. The number of hydrogen-bond donors (Lipinski definition) is 0. The van der Waals surface area contributed by atoms with E-state index >= 15 is 0 Å². The molecule has 0 saturated carbocycles. The lowest BCUT2D eigenvalue weighted by molar-refractivity contribution is 0.259. The van der Waals surface area contributed by atoms with Gasteiger partial charge in [-0.25, -0.2) is 0 Å². The predicted octanol–water partition coefficient (Wildman–Crippen LogP) is 5.83. The number of benzene rings is 3. The van der Waals surface area contributed by atoms with Gasteiger partial charge in [0, 0.05) is 19.6 Å². The van der Waals surface area contributed by atoms with Crippen molar-refractivity contribution in [2.75, 3.05) is 6.54 Å². The average molecular weight is 380 g/mol. The Morgan fingerprint density at radius 1 is 0.625 bits per heavy atom. The van der Waals surface area contributed by atoms with E-state index in [4.69, 9.17) is 0 Å². The van der Waals surface area contributed by atoms with Crippen molar-refractivity contribution in [1.82, 2.24) is 4.90 Å². The lowest BCUT2D eigenvalue weighted by Gasteiger charge is -2.25. The second-order valence-electron chi connectivity index (χ2n) is 6.02. The van der Waals surface area contributed by atoms with Crippen LogP contribution in [0.4, 0.5) is 0 Å². The van der Waals surface area contributed by atoms with E-state index in [-0.39, 0.29) is 0 Å². The molecular formula is C22H22BrN. The van der Waals surface area contributed by atoms with Crippen LogP contribution in [0.3, 0.4) is 0 Å². The zero-order valence-electron chi connectivity index (χ0n) is 13.7. The zero-order valence-corrected chi connectivity index (χ0v) is 15.3. The van der Waals surface area contributed by atoms with E-state index in [1.165, 1.54) is 16.7 Å². The Morgan fingerprint density at radius 2 is 1.04 bits per heavy atom. The van der Waals surface area contributed by atoms with Crippen LogP contribution in [0.15, 0.2) is 91.0 Å². The first-order valence-corrected chi connectivity index (χ1v) is 9.22. The minimum atomic E-state index is 0.325. The largest absolute Gasteiger partial charge is 0.293 e. The highest BCUT2D eigenvalue weighted by atomic mass is 79.9. The second-order valence-corrected chi connectivity index (χ2v) is 7.12. The van der Waals surface area contributed by atoms with Gasteiger partial charge >= 0.3 is 0 Å².